The molecule has 0 N–H and O–H groups in total. The minimum atomic E-state index is 0.192. The number of para-hydroxylation sites is 3. The summed E-state index contributed by atoms with van der Waals surface area (Å²) < 4.78 is 10.7. The van der Waals surface area contributed by atoms with Crippen molar-refractivity contribution in [1.29, 1.82) is 0 Å². The summed E-state index contributed by atoms with van der Waals surface area (Å²) in [7, 11) is 32.0. The van der Waals surface area contributed by atoms with Gasteiger partial charge in [0.05, 0.1) is 16.6 Å². The summed E-state index contributed by atoms with van der Waals surface area (Å²) in [5.41, 5.74) is 12.2. The van der Waals surface area contributed by atoms with Crippen LogP contribution in [0, 0.1) is 0 Å². The zero-order valence-electron chi connectivity index (χ0n) is 33.0. The van der Waals surface area contributed by atoms with Crippen molar-refractivity contribution in [3.05, 3.63) is 138 Å². The highest BCUT2D eigenvalue weighted by Crippen LogP contribution is 2.38. The van der Waals surface area contributed by atoms with Crippen LogP contribution in [-0.4, -0.2) is 48.4 Å². The van der Waals surface area contributed by atoms with Crippen LogP contribution in [0.1, 0.15) is 27.7 Å². The van der Waals surface area contributed by atoms with Crippen molar-refractivity contribution >= 4 is 133 Å². The molecule has 266 valence electrons. The maximum atomic E-state index is 6.59. The van der Waals surface area contributed by atoms with Gasteiger partial charge in [0.2, 0.25) is 0 Å². The van der Waals surface area contributed by atoms with Crippen molar-refractivity contribution in [2.75, 3.05) is 0 Å². The summed E-state index contributed by atoms with van der Waals surface area (Å²) in [4.78, 5) is 0. The van der Waals surface area contributed by atoms with Crippen molar-refractivity contribution < 1.29 is 4.42 Å². The summed E-state index contributed by atoms with van der Waals surface area (Å²) in [5.74, 6) is 0. The molecule has 7 aromatic carbocycles. The lowest BCUT2D eigenvalue weighted by atomic mass is 9.61. The number of benzene rings is 7. The first-order chi connectivity index (χ1) is 28.3. The number of hydrogen-bond acceptors (Lipinski definition) is 1. The number of hydrogen-bond donors (Lipinski definition) is 0. The fourth-order valence-corrected chi connectivity index (χ4v) is 8.61. The Bertz CT molecular complexity index is 3360. The van der Waals surface area contributed by atoms with Gasteiger partial charge >= 0.3 is 0 Å². The van der Waals surface area contributed by atoms with Crippen molar-refractivity contribution in [2.45, 2.75) is 27.7 Å². The fraction of sp³-hybridized carbons (Fsp3) is 0.0800. The Hall–Kier alpha value is -6.26. The van der Waals surface area contributed by atoms with Crippen molar-refractivity contribution in [3.63, 3.8) is 0 Å². The zero-order valence-corrected chi connectivity index (χ0v) is 33.0. The van der Waals surface area contributed by atoms with Gasteiger partial charge in [0.25, 0.3) is 0 Å². The van der Waals surface area contributed by atoms with Gasteiger partial charge in [0.15, 0.2) is 0 Å². The average molecular weight is 734 g/mol. The van der Waals surface area contributed by atoms with Crippen LogP contribution in [0.25, 0.3) is 100 Å². The van der Waals surface area contributed by atoms with E-state index in [4.69, 9.17) is 43.6 Å². The molecular formula is C50H35B5N2O. The van der Waals surface area contributed by atoms with E-state index in [9.17, 15) is 0 Å². The predicted octanol–water partition coefficient (Wildman–Crippen LogP) is 6.56. The van der Waals surface area contributed by atoms with Crippen LogP contribution in [-0.2, 0) is 0 Å². The highest BCUT2D eigenvalue weighted by Gasteiger charge is 2.19. The SMILES string of the molecule is CC.[B]c1c([B])c([B])c(-n2c(=C/C)/c(=C\C)c3cc(-c4ccc5c(c4)c4ccccc4n5-c4ccc(-c5cccc6c5oc5ccccc56)cc4)ccc32)c([B])c1[B]. The van der Waals surface area contributed by atoms with Gasteiger partial charge in [-0.15, -0.1) is 16.4 Å². The van der Waals surface area contributed by atoms with E-state index in [2.05, 4.69) is 126 Å². The van der Waals surface area contributed by atoms with Crippen LogP contribution >= 0.6 is 0 Å². The van der Waals surface area contributed by atoms with Crippen LogP contribution < -0.4 is 37.9 Å². The van der Waals surface area contributed by atoms with Crippen LogP contribution in [0.5, 0.6) is 0 Å². The zero-order chi connectivity index (χ0) is 40.4. The van der Waals surface area contributed by atoms with Gasteiger partial charge in [0.1, 0.15) is 50.4 Å². The predicted molar refractivity (Wildman–Crippen MR) is 254 cm³/mol. The molecule has 0 unspecified atom stereocenters. The Kier molecular flexibility index (Phi) is 9.40. The molecule has 0 atom stereocenters. The Morgan fingerprint density at radius 2 is 1.02 bits per heavy atom. The number of aromatic nitrogens is 2. The number of furan rings is 1. The first-order valence-corrected chi connectivity index (χ1v) is 19.6. The second-order valence-corrected chi connectivity index (χ2v) is 14.3. The second kappa shape index (κ2) is 14.6. The maximum absolute atomic E-state index is 6.59. The molecule has 3 nitrogen and oxygen atoms in total. The van der Waals surface area contributed by atoms with Gasteiger partial charge in [-0.2, -0.15) is 0 Å². The van der Waals surface area contributed by atoms with Crippen LogP contribution in [0.2, 0.25) is 0 Å². The second-order valence-electron chi connectivity index (χ2n) is 14.3. The fourth-order valence-electron chi connectivity index (χ4n) is 8.61. The molecule has 0 aliphatic heterocycles. The average Bonchev–Trinajstić information content (AvgIpc) is 3.93. The normalized spacial score (nSPS) is 12.3. The summed E-state index contributed by atoms with van der Waals surface area (Å²) in [6.07, 6.45) is 4.15. The smallest absolute Gasteiger partial charge is 0.143 e. The molecule has 0 saturated heterocycles. The third-order valence-electron chi connectivity index (χ3n) is 11.3. The molecule has 3 heterocycles. The number of nitrogens with zero attached hydrogens (tertiary/aromatic N) is 2. The van der Waals surface area contributed by atoms with Gasteiger partial charge in [-0.3, -0.25) is 0 Å². The van der Waals surface area contributed by atoms with E-state index in [0.29, 0.717) is 16.6 Å². The monoisotopic (exact) mass is 734 g/mol. The topological polar surface area (TPSA) is 23.0 Å². The van der Waals surface area contributed by atoms with Gasteiger partial charge in [-0.25, -0.2) is 0 Å². The van der Waals surface area contributed by atoms with Crippen LogP contribution in [0.4, 0.5) is 0 Å². The van der Waals surface area contributed by atoms with E-state index in [0.717, 1.165) is 82.4 Å². The van der Waals surface area contributed by atoms with Crippen molar-refractivity contribution in [1.82, 2.24) is 9.13 Å². The third kappa shape index (κ3) is 5.56. The van der Waals surface area contributed by atoms with Crippen LogP contribution in [0.3, 0.4) is 0 Å². The lowest BCUT2D eigenvalue weighted by molar-refractivity contribution is 0.670. The summed E-state index contributed by atoms with van der Waals surface area (Å²) >= 11 is 0. The highest BCUT2D eigenvalue weighted by molar-refractivity contribution is 6.68. The molecule has 8 heteroatoms. The van der Waals surface area contributed by atoms with E-state index in [-0.39, 0.29) is 16.4 Å². The molecule has 0 spiro atoms. The van der Waals surface area contributed by atoms with Gasteiger partial charge in [0, 0.05) is 54.4 Å². The van der Waals surface area contributed by atoms with Gasteiger partial charge in [-0.1, -0.05) is 116 Å². The molecule has 0 aliphatic rings. The van der Waals surface area contributed by atoms with E-state index in [1.54, 1.807) is 0 Å². The molecule has 0 fully saturated rings. The molecule has 0 saturated carbocycles. The number of fused-ring (bicyclic) bond motifs is 7. The van der Waals surface area contributed by atoms with Gasteiger partial charge < -0.3 is 13.6 Å². The largest absolute Gasteiger partial charge is 0.455 e. The summed E-state index contributed by atoms with van der Waals surface area (Å²) in [6, 6.07) is 45.1. The Morgan fingerprint density at radius 3 is 1.69 bits per heavy atom. The molecule has 58 heavy (non-hydrogen) atoms. The molecule has 0 bridgehead atoms. The van der Waals surface area contributed by atoms with E-state index in [1.807, 2.05) is 50.5 Å². The molecular weight excluding hydrogens is 699 g/mol. The molecule has 0 aliphatic carbocycles. The van der Waals surface area contributed by atoms with Crippen molar-refractivity contribution in [3.8, 4) is 33.6 Å². The first kappa shape index (κ1) is 37.3. The lowest BCUT2D eigenvalue weighted by Gasteiger charge is -2.23. The highest BCUT2D eigenvalue weighted by atomic mass is 16.3. The molecule has 3 aromatic heterocycles. The minimum absolute atomic E-state index is 0.192. The Balaban J connectivity index is 0.00000215. The van der Waals surface area contributed by atoms with E-state index in [1.165, 1.54) is 10.8 Å². The van der Waals surface area contributed by atoms with Crippen LogP contribution in [0.15, 0.2) is 132 Å². The quantitative estimate of drug-likeness (QED) is 0.188. The minimum Gasteiger partial charge on any atom is -0.455 e. The van der Waals surface area contributed by atoms with Crippen molar-refractivity contribution in [2.24, 2.45) is 0 Å². The first-order valence-electron chi connectivity index (χ1n) is 19.6. The van der Waals surface area contributed by atoms with E-state index >= 15 is 0 Å². The Morgan fingerprint density at radius 1 is 0.466 bits per heavy atom. The third-order valence-corrected chi connectivity index (χ3v) is 11.3. The molecule has 0 amide bonds. The van der Waals surface area contributed by atoms with E-state index < -0.39 is 0 Å². The molecule has 10 rings (SSSR count). The summed E-state index contributed by atoms with van der Waals surface area (Å²) in [5, 5.41) is 7.63. The lowest BCUT2D eigenvalue weighted by Crippen LogP contribution is -2.57. The number of rotatable bonds is 4. The van der Waals surface area contributed by atoms with Gasteiger partial charge in [-0.05, 0) is 79.1 Å². The maximum Gasteiger partial charge on any atom is 0.143 e. The molecule has 10 radical (unpaired) electrons. The molecule has 10 aromatic rings. The Labute approximate surface area is 344 Å². The summed E-state index contributed by atoms with van der Waals surface area (Å²) in [6.45, 7) is 8.03. The standard InChI is InChI=1S/C48H29B5N2O.C2H6/c1-3-30-35-24-27(19-23-40(35)55(37(30)4-2)47-45(52)43(50)42(49)44(51)46(47)53)28-18-22-39-36(25-28)32-10-5-7-14-38(32)54(39)29-20-16-26(17-21-29)31-12-9-13-34-33-11-6-8-15-41(33)56-48(31)34;1-2/h3-25H,1-2H3;1-2H3/b30-3-,37-4+;.